The number of hydrogen-bond donors (Lipinski definition) is 2. The molecule has 0 saturated heterocycles. The Labute approximate surface area is 167 Å². The van der Waals surface area contributed by atoms with Crippen LogP contribution in [0.2, 0.25) is 0 Å². The zero-order valence-electron chi connectivity index (χ0n) is 16.4. The highest BCUT2D eigenvalue weighted by Gasteiger charge is 2.15. The number of nitrogens with one attached hydrogen (secondary N) is 2. The number of benzene rings is 2. The molecule has 2 heterocycles. The van der Waals surface area contributed by atoms with Gasteiger partial charge < -0.3 is 10.6 Å². The van der Waals surface area contributed by atoms with Crippen LogP contribution in [0.3, 0.4) is 0 Å². The zero-order valence-corrected chi connectivity index (χ0v) is 16.4. The maximum atomic E-state index is 12.8. The Kier molecular flexibility index (Phi) is 4.64. The molecule has 0 spiro atoms. The average Bonchev–Trinajstić information content (AvgIpc) is 2.74. The van der Waals surface area contributed by atoms with E-state index in [1.807, 2.05) is 61.5 Å². The minimum absolute atomic E-state index is 0.355. The van der Waals surface area contributed by atoms with Crippen molar-refractivity contribution in [2.75, 3.05) is 10.6 Å². The minimum Gasteiger partial charge on any atom is -0.356 e. The van der Waals surface area contributed by atoms with Gasteiger partial charge in [-0.05, 0) is 48.9 Å². The fraction of sp³-hybridized carbons (Fsp3) is 0.136. The Bertz CT molecular complexity index is 1310. The van der Waals surface area contributed by atoms with Gasteiger partial charge in [0.15, 0.2) is 5.65 Å². The summed E-state index contributed by atoms with van der Waals surface area (Å²) in [5, 5.41) is 7.05. The van der Waals surface area contributed by atoms with Gasteiger partial charge in [0, 0.05) is 37.4 Å². The first-order valence-corrected chi connectivity index (χ1v) is 9.20. The van der Waals surface area contributed by atoms with Crippen LogP contribution in [0.1, 0.15) is 5.56 Å². The van der Waals surface area contributed by atoms with Gasteiger partial charge >= 0.3 is 5.69 Å². The minimum atomic E-state index is -0.402. The lowest BCUT2D eigenvalue weighted by Gasteiger charge is -2.15. The number of aromatic nitrogens is 3. The molecule has 4 aromatic rings. The van der Waals surface area contributed by atoms with Crippen LogP contribution in [0.15, 0.2) is 70.4 Å². The normalized spacial score (nSPS) is 10.9. The molecule has 0 amide bonds. The van der Waals surface area contributed by atoms with Crippen molar-refractivity contribution in [2.24, 2.45) is 14.1 Å². The molecule has 0 atom stereocenters. The number of para-hydroxylation sites is 1. The largest absolute Gasteiger partial charge is 0.356 e. The summed E-state index contributed by atoms with van der Waals surface area (Å²) in [5.74, 6) is 0. The van der Waals surface area contributed by atoms with E-state index in [0.29, 0.717) is 16.7 Å². The van der Waals surface area contributed by atoms with E-state index in [0.717, 1.165) is 27.2 Å². The first kappa shape index (κ1) is 18.5. The van der Waals surface area contributed by atoms with Gasteiger partial charge in [-0.2, -0.15) is 0 Å². The number of nitrogens with zero attached hydrogens (tertiary/aromatic N) is 3. The summed E-state index contributed by atoms with van der Waals surface area (Å²) in [6.07, 6.45) is 1.66. The smallest absolute Gasteiger partial charge is 0.332 e. The molecule has 2 N–H and O–H groups in total. The first-order chi connectivity index (χ1) is 14.0. The lowest BCUT2D eigenvalue weighted by Crippen LogP contribution is -2.37. The Morgan fingerprint density at radius 2 is 1.38 bits per heavy atom. The number of aryl methyl sites for hydroxylation is 2. The van der Waals surface area contributed by atoms with Crippen molar-refractivity contribution in [2.45, 2.75) is 6.92 Å². The Morgan fingerprint density at radius 1 is 0.793 bits per heavy atom. The predicted octanol–water partition coefficient (Wildman–Crippen LogP) is 3.43. The summed E-state index contributed by atoms with van der Waals surface area (Å²) in [4.78, 5) is 29.3. The second-order valence-corrected chi connectivity index (χ2v) is 6.91. The first-order valence-electron chi connectivity index (χ1n) is 9.20. The summed E-state index contributed by atoms with van der Waals surface area (Å²) < 4.78 is 2.48. The molecule has 0 fully saturated rings. The SMILES string of the molecule is Cc1cnc2c(c1Nc1ccc(Nc3ccccc3)cc1)c(=O)n(C)c(=O)n2C. The van der Waals surface area contributed by atoms with E-state index in [1.54, 1.807) is 13.2 Å². The summed E-state index contributed by atoms with van der Waals surface area (Å²) >= 11 is 0. The number of fused-ring (bicyclic) bond motifs is 1. The maximum Gasteiger partial charge on any atom is 0.332 e. The molecule has 0 saturated carbocycles. The van der Waals surface area contributed by atoms with Crippen molar-refractivity contribution in [1.82, 2.24) is 14.1 Å². The Hall–Kier alpha value is -3.87. The van der Waals surface area contributed by atoms with Crippen molar-refractivity contribution < 1.29 is 0 Å². The van der Waals surface area contributed by atoms with Crippen LogP contribution in [0.25, 0.3) is 11.0 Å². The van der Waals surface area contributed by atoms with Crippen molar-refractivity contribution in [3.63, 3.8) is 0 Å². The molecule has 0 aliphatic heterocycles. The van der Waals surface area contributed by atoms with Gasteiger partial charge in [0.05, 0.1) is 5.69 Å². The van der Waals surface area contributed by atoms with E-state index >= 15 is 0 Å². The third-order valence-electron chi connectivity index (χ3n) is 4.88. The van der Waals surface area contributed by atoms with Gasteiger partial charge in [0.2, 0.25) is 0 Å². The van der Waals surface area contributed by atoms with Gasteiger partial charge in [-0.15, -0.1) is 0 Å². The van der Waals surface area contributed by atoms with Crippen LogP contribution in [-0.4, -0.2) is 14.1 Å². The molecule has 146 valence electrons. The molecular weight excluding hydrogens is 366 g/mol. The van der Waals surface area contributed by atoms with Crippen molar-refractivity contribution in [3.05, 3.63) is 87.2 Å². The molecule has 2 aromatic carbocycles. The van der Waals surface area contributed by atoms with Crippen LogP contribution in [0.5, 0.6) is 0 Å². The van der Waals surface area contributed by atoms with Crippen molar-refractivity contribution in [1.29, 1.82) is 0 Å². The molecule has 7 heteroatoms. The molecule has 4 rings (SSSR count). The van der Waals surface area contributed by atoms with Gasteiger partial charge in [-0.25, -0.2) is 9.78 Å². The lowest BCUT2D eigenvalue weighted by atomic mass is 10.1. The fourth-order valence-electron chi connectivity index (χ4n) is 3.25. The second kappa shape index (κ2) is 7.27. The van der Waals surface area contributed by atoms with E-state index in [2.05, 4.69) is 15.6 Å². The second-order valence-electron chi connectivity index (χ2n) is 6.91. The third-order valence-corrected chi connectivity index (χ3v) is 4.88. The predicted molar refractivity (Wildman–Crippen MR) is 116 cm³/mol. The number of rotatable bonds is 4. The topological polar surface area (TPSA) is 81.0 Å². The van der Waals surface area contributed by atoms with Gasteiger partial charge in [-0.1, -0.05) is 18.2 Å². The molecule has 29 heavy (non-hydrogen) atoms. The zero-order chi connectivity index (χ0) is 20.5. The van der Waals surface area contributed by atoms with Crippen LogP contribution in [0, 0.1) is 6.92 Å². The Balaban J connectivity index is 1.72. The van der Waals surface area contributed by atoms with Crippen LogP contribution >= 0.6 is 0 Å². The number of hydrogen-bond acceptors (Lipinski definition) is 5. The summed E-state index contributed by atoms with van der Waals surface area (Å²) in [7, 11) is 3.08. The monoisotopic (exact) mass is 387 g/mol. The Morgan fingerprint density at radius 3 is 2.03 bits per heavy atom. The summed E-state index contributed by atoms with van der Waals surface area (Å²) in [5.41, 5.74) is 3.84. The van der Waals surface area contributed by atoms with E-state index in [9.17, 15) is 9.59 Å². The molecule has 0 radical (unpaired) electrons. The van der Waals surface area contributed by atoms with Crippen molar-refractivity contribution >= 4 is 33.8 Å². The highest BCUT2D eigenvalue weighted by atomic mass is 16.2. The van der Waals surface area contributed by atoms with E-state index in [-0.39, 0.29) is 5.56 Å². The standard InChI is InChI=1S/C22H21N5O2/c1-14-13-23-20-18(21(28)27(3)22(29)26(20)2)19(14)25-17-11-9-16(10-12-17)24-15-7-5-4-6-8-15/h4-13,24H,1-3H3,(H,23,25). The van der Waals surface area contributed by atoms with Gasteiger partial charge in [0.25, 0.3) is 5.56 Å². The fourth-order valence-corrected chi connectivity index (χ4v) is 3.25. The van der Waals surface area contributed by atoms with Crippen LogP contribution in [-0.2, 0) is 14.1 Å². The number of pyridine rings is 1. The average molecular weight is 387 g/mol. The molecule has 7 nitrogen and oxygen atoms in total. The quantitative estimate of drug-likeness (QED) is 0.561. The van der Waals surface area contributed by atoms with E-state index < -0.39 is 5.69 Å². The van der Waals surface area contributed by atoms with Crippen LogP contribution in [0.4, 0.5) is 22.7 Å². The molecule has 0 aliphatic carbocycles. The molecule has 2 aromatic heterocycles. The molecule has 0 bridgehead atoms. The highest BCUT2D eigenvalue weighted by molar-refractivity contribution is 5.92. The number of anilines is 4. The maximum absolute atomic E-state index is 12.8. The lowest BCUT2D eigenvalue weighted by molar-refractivity contribution is 0.707. The summed E-state index contributed by atoms with van der Waals surface area (Å²) in [6.45, 7) is 1.88. The van der Waals surface area contributed by atoms with E-state index in [4.69, 9.17) is 0 Å². The van der Waals surface area contributed by atoms with Crippen molar-refractivity contribution in [3.8, 4) is 0 Å². The summed E-state index contributed by atoms with van der Waals surface area (Å²) in [6, 6.07) is 17.7. The molecule has 0 unspecified atom stereocenters. The van der Waals surface area contributed by atoms with Gasteiger partial charge in [-0.3, -0.25) is 13.9 Å². The van der Waals surface area contributed by atoms with Gasteiger partial charge in [0.1, 0.15) is 5.39 Å². The van der Waals surface area contributed by atoms with E-state index in [1.165, 1.54) is 11.6 Å². The molecule has 0 aliphatic rings. The molecular formula is C22H21N5O2. The third kappa shape index (κ3) is 3.38. The highest BCUT2D eigenvalue weighted by Crippen LogP contribution is 2.27. The van der Waals surface area contributed by atoms with Crippen LogP contribution < -0.4 is 21.9 Å².